The van der Waals surface area contributed by atoms with E-state index in [1.807, 2.05) is 18.2 Å². The molecule has 1 saturated heterocycles. The second-order valence-electron chi connectivity index (χ2n) is 4.73. The molecule has 1 heterocycles. The van der Waals surface area contributed by atoms with E-state index in [0.717, 1.165) is 34.9 Å². The zero-order valence-electron chi connectivity index (χ0n) is 10.2. The molecule has 98 valence electrons. The zero-order chi connectivity index (χ0) is 13.1. The van der Waals surface area contributed by atoms with E-state index in [-0.39, 0.29) is 11.9 Å². The molecular weight excluding hydrogens is 360 g/mol. The minimum Gasteiger partial charge on any atom is -0.348 e. The number of piperidine rings is 1. The van der Waals surface area contributed by atoms with Crippen LogP contribution in [0.2, 0.25) is 0 Å². The predicted octanol–water partition coefficient (Wildman–Crippen LogP) is 3.04. The first kappa shape index (κ1) is 14.0. The van der Waals surface area contributed by atoms with Crippen molar-refractivity contribution in [3.05, 3.63) is 32.7 Å². The van der Waals surface area contributed by atoms with Crippen molar-refractivity contribution < 1.29 is 4.79 Å². The molecule has 0 spiro atoms. The van der Waals surface area contributed by atoms with E-state index >= 15 is 0 Å². The summed E-state index contributed by atoms with van der Waals surface area (Å²) in [5, 5.41) is 3.10. The molecule has 0 aromatic heterocycles. The Morgan fingerprint density at radius 3 is 2.61 bits per heavy atom. The standard InChI is InChI=1S/C13H16Br2N2O/c1-17-4-2-3-12(8-17)16-13(18)9-5-10(14)7-11(15)6-9/h5-7,12H,2-4,8H2,1H3,(H,16,18)/t12-/m1/s1. The molecule has 1 aliphatic heterocycles. The number of likely N-dealkylation sites (N-methyl/N-ethyl adjacent to an activating group) is 1. The van der Waals surface area contributed by atoms with Crippen LogP contribution < -0.4 is 5.32 Å². The van der Waals surface area contributed by atoms with Gasteiger partial charge in [0.05, 0.1) is 0 Å². The summed E-state index contributed by atoms with van der Waals surface area (Å²) >= 11 is 6.80. The van der Waals surface area contributed by atoms with Crippen LogP contribution in [0, 0.1) is 0 Å². The van der Waals surface area contributed by atoms with E-state index in [1.54, 1.807) is 0 Å². The molecule has 1 N–H and O–H groups in total. The first-order chi connectivity index (χ1) is 8.54. The Bertz CT molecular complexity index is 430. The van der Waals surface area contributed by atoms with E-state index in [9.17, 15) is 4.79 Å². The Labute approximate surface area is 124 Å². The van der Waals surface area contributed by atoms with E-state index in [4.69, 9.17) is 0 Å². The molecule has 0 radical (unpaired) electrons. The first-order valence-corrected chi connectivity index (χ1v) is 7.58. The van der Waals surface area contributed by atoms with Crippen molar-refractivity contribution in [2.24, 2.45) is 0 Å². The van der Waals surface area contributed by atoms with Crippen molar-refractivity contribution >= 4 is 37.8 Å². The molecule has 0 aliphatic carbocycles. The third kappa shape index (κ3) is 3.80. The highest BCUT2D eigenvalue weighted by molar-refractivity contribution is 9.11. The first-order valence-electron chi connectivity index (χ1n) is 6.00. The second kappa shape index (κ2) is 6.17. The molecule has 18 heavy (non-hydrogen) atoms. The molecular formula is C13H16Br2N2O. The molecule has 0 bridgehead atoms. The van der Waals surface area contributed by atoms with Crippen LogP contribution in [-0.4, -0.2) is 37.0 Å². The topological polar surface area (TPSA) is 32.3 Å². The summed E-state index contributed by atoms with van der Waals surface area (Å²) in [6, 6.07) is 5.86. The van der Waals surface area contributed by atoms with Crippen molar-refractivity contribution in [3.63, 3.8) is 0 Å². The lowest BCUT2D eigenvalue weighted by Gasteiger charge is -2.30. The number of carbonyl (C=O) groups excluding carboxylic acids is 1. The van der Waals surface area contributed by atoms with E-state index in [2.05, 4.69) is 49.1 Å². The summed E-state index contributed by atoms with van der Waals surface area (Å²) in [4.78, 5) is 14.4. The fraction of sp³-hybridized carbons (Fsp3) is 0.462. The number of nitrogens with one attached hydrogen (secondary N) is 1. The van der Waals surface area contributed by atoms with Gasteiger partial charge in [-0.15, -0.1) is 0 Å². The molecule has 0 saturated carbocycles. The van der Waals surface area contributed by atoms with Gasteiger partial charge in [-0.2, -0.15) is 0 Å². The minimum absolute atomic E-state index is 0.00250. The molecule has 1 aromatic carbocycles. The Morgan fingerprint density at radius 2 is 2.00 bits per heavy atom. The number of rotatable bonds is 2. The van der Waals surface area contributed by atoms with Crippen LogP contribution in [-0.2, 0) is 0 Å². The number of likely N-dealkylation sites (tertiary alicyclic amines) is 1. The summed E-state index contributed by atoms with van der Waals surface area (Å²) in [5.74, 6) is -0.00250. The molecule has 1 fully saturated rings. The fourth-order valence-corrected chi connectivity index (χ4v) is 3.53. The molecule has 0 unspecified atom stereocenters. The maximum absolute atomic E-state index is 12.2. The van der Waals surface area contributed by atoms with Crippen molar-refractivity contribution in [2.45, 2.75) is 18.9 Å². The van der Waals surface area contributed by atoms with E-state index < -0.39 is 0 Å². The van der Waals surface area contributed by atoms with Crippen molar-refractivity contribution in [3.8, 4) is 0 Å². The Hall–Kier alpha value is -0.390. The van der Waals surface area contributed by atoms with Crippen LogP contribution in [0.1, 0.15) is 23.2 Å². The van der Waals surface area contributed by atoms with Gasteiger partial charge in [-0.3, -0.25) is 4.79 Å². The molecule has 1 atom stereocenters. The lowest BCUT2D eigenvalue weighted by molar-refractivity contribution is 0.0912. The molecule has 1 amide bonds. The highest BCUT2D eigenvalue weighted by Gasteiger charge is 2.19. The van der Waals surface area contributed by atoms with Crippen LogP contribution >= 0.6 is 31.9 Å². The van der Waals surface area contributed by atoms with Gasteiger partial charge >= 0.3 is 0 Å². The van der Waals surface area contributed by atoms with Crippen LogP contribution in [0.5, 0.6) is 0 Å². The highest BCUT2D eigenvalue weighted by atomic mass is 79.9. The number of amides is 1. The van der Waals surface area contributed by atoms with Gasteiger partial charge in [-0.25, -0.2) is 0 Å². The van der Waals surface area contributed by atoms with Gasteiger partial charge in [0.1, 0.15) is 0 Å². The summed E-state index contributed by atoms with van der Waals surface area (Å²) in [6.45, 7) is 2.05. The molecule has 1 aromatic rings. The molecule has 5 heteroatoms. The van der Waals surface area contributed by atoms with Gasteiger partial charge in [0, 0.05) is 27.1 Å². The van der Waals surface area contributed by atoms with Crippen LogP contribution in [0.25, 0.3) is 0 Å². The summed E-state index contributed by atoms with van der Waals surface area (Å²) in [6.07, 6.45) is 2.20. The van der Waals surface area contributed by atoms with Crippen LogP contribution in [0.3, 0.4) is 0 Å². The summed E-state index contributed by atoms with van der Waals surface area (Å²) < 4.78 is 1.81. The van der Waals surface area contributed by atoms with Crippen molar-refractivity contribution in [2.75, 3.05) is 20.1 Å². The molecule has 2 rings (SSSR count). The minimum atomic E-state index is -0.00250. The number of halogens is 2. The van der Waals surface area contributed by atoms with Gasteiger partial charge in [-0.1, -0.05) is 31.9 Å². The average molecular weight is 376 g/mol. The maximum atomic E-state index is 12.2. The third-order valence-electron chi connectivity index (χ3n) is 3.08. The fourth-order valence-electron chi connectivity index (χ4n) is 2.24. The third-order valence-corrected chi connectivity index (χ3v) is 4.00. The van der Waals surface area contributed by atoms with Gasteiger partial charge in [0.25, 0.3) is 5.91 Å². The van der Waals surface area contributed by atoms with Gasteiger partial charge in [0.15, 0.2) is 0 Å². The highest BCUT2D eigenvalue weighted by Crippen LogP contribution is 2.20. The molecule has 3 nitrogen and oxygen atoms in total. The van der Waals surface area contributed by atoms with Crippen molar-refractivity contribution in [1.82, 2.24) is 10.2 Å². The monoisotopic (exact) mass is 374 g/mol. The van der Waals surface area contributed by atoms with E-state index in [1.165, 1.54) is 0 Å². The Balaban J connectivity index is 2.02. The van der Waals surface area contributed by atoms with Crippen LogP contribution in [0.4, 0.5) is 0 Å². The lowest BCUT2D eigenvalue weighted by atomic mass is 10.1. The predicted molar refractivity (Wildman–Crippen MR) is 79.8 cm³/mol. The Morgan fingerprint density at radius 1 is 1.33 bits per heavy atom. The quantitative estimate of drug-likeness (QED) is 0.861. The number of hydrogen-bond donors (Lipinski definition) is 1. The summed E-state index contributed by atoms with van der Waals surface area (Å²) in [5.41, 5.74) is 0.685. The Kier molecular flexibility index (Phi) is 4.81. The van der Waals surface area contributed by atoms with Crippen LogP contribution in [0.15, 0.2) is 27.1 Å². The SMILES string of the molecule is CN1CCC[C@@H](NC(=O)c2cc(Br)cc(Br)c2)C1. The zero-order valence-corrected chi connectivity index (χ0v) is 13.4. The number of carbonyl (C=O) groups is 1. The largest absolute Gasteiger partial charge is 0.348 e. The number of benzene rings is 1. The van der Waals surface area contributed by atoms with E-state index in [0.29, 0.717) is 5.56 Å². The summed E-state index contributed by atoms with van der Waals surface area (Å²) in [7, 11) is 2.09. The van der Waals surface area contributed by atoms with Gasteiger partial charge in [0.2, 0.25) is 0 Å². The van der Waals surface area contributed by atoms with Gasteiger partial charge in [-0.05, 0) is 44.6 Å². The van der Waals surface area contributed by atoms with Gasteiger partial charge < -0.3 is 10.2 Å². The average Bonchev–Trinajstić information content (AvgIpc) is 2.27. The van der Waals surface area contributed by atoms with Crippen molar-refractivity contribution in [1.29, 1.82) is 0 Å². The maximum Gasteiger partial charge on any atom is 0.251 e. The molecule has 1 aliphatic rings. The smallest absolute Gasteiger partial charge is 0.251 e. The normalized spacial score (nSPS) is 20.7. The second-order valence-corrected chi connectivity index (χ2v) is 6.56. The number of nitrogens with zero attached hydrogens (tertiary/aromatic N) is 1. The lowest BCUT2D eigenvalue weighted by Crippen LogP contribution is -2.46. The number of hydrogen-bond acceptors (Lipinski definition) is 2.